The van der Waals surface area contributed by atoms with E-state index in [0.717, 1.165) is 5.56 Å². The summed E-state index contributed by atoms with van der Waals surface area (Å²) < 4.78 is 25.7. The zero-order valence-corrected chi connectivity index (χ0v) is 11.6. The molecule has 0 saturated heterocycles. The van der Waals surface area contributed by atoms with Crippen LogP contribution in [0.15, 0.2) is 24.3 Å². The highest BCUT2D eigenvalue weighted by Gasteiger charge is 2.16. The number of halogens is 1. The number of thiocarbonyl (C=S) groups is 1. The Balaban J connectivity index is 2.75. The van der Waals surface area contributed by atoms with Gasteiger partial charge in [-0.15, -0.1) is 0 Å². The summed E-state index contributed by atoms with van der Waals surface area (Å²) >= 11 is 10.3. The number of rotatable bonds is 5. The second-order valence-electron chi connectivity index (χ2n) is 3.62. The Morgan fingerprint density at radius 1 is 1.47 bits per heavy atom. The summed E-state index contributed by atoms with van der Waals surface area (Å²) in [5, 5.41) is 0.604. The maximum atomic E-state index is 11.6. The number of benzene rings is 1. The molecule has 0 heterocycles. The maximum Gasteiger partial charge on any atom is 0.218 e. The summed E-state index contributed by atoms with van der Waals surface area (Å²) in [5.41, 5.74) is 6.03. The largest absolute Gasteiger partial charge is 0.392 e. The van der Waals surface area contributed by atoms with E-state index in [1.807, 2.05) is 0 Å². The molecule has 17 heavy (non-hydrogen) atoms. The molecule has 1 aromatic carbocycles. The van der Waals surface area contributed by atoms with E-state index in [-0.39, 0.29) is 16.8 Å². The quantitative estimate of drug-likeness (QED) is 0.809. The molecule has 0 aliphatic carbocycles. The van der Waals surface area contributed by atoms with E-state index in [2.05, 4.69) is 16.9 Å². The first-order chi connectivity index (χ1) is 7.80. The van der Waals surface area contributed by atoms with Crippen LogP contribution in [0.2, 0.25) is 5.02 Å². The number of nitrogens with one attached hydrogen (secondary N) is 1. The molecule has 94 valence electrons. The smallest absolute Gasteiger partial charge is 0.218 e. The molecule has 4 nitrogen and oxygen atoms in total. The van der Waals surface area contributed by atoms with Crippen LogP contribution >= 0.6 is 23.8 Å². The van der Waals surface area contributed by atoms with Gasteiger partial charge in [-0.1, -0.05) is 36.0 Å². The summed E-state index contributed by atoms with van der Waals surface area (Å²) in [7, 11) is -3.49. The lowest BCUT2D eigenvalue weighted by Crippen LogP contribution is -2.34. The van der Waals surface area contributed by atoms with Gasteiger partial charge in [-0.25, -0.2) is 13.1 Å². The standard InChI is InChI=1S/C10H13ClN2O2S2/c1-7(8-2-4-9(11)5-3-8)13-17(14,15)6-10(12)16/h2-5,7,13H,6H2,1H3,(H2,12,16). The lowest BCUT2D eigenvalue weighted by molar-refractivity contribution is 0.571. The topological polar surface area (TPSA) is 72.2 Å². The van der Waals surface area contributed by atoms with Crippen LogP contribution in [-0.2, 0) is 10.0 Å². The predicted octanol–water partition coefficient (Wildman–Crippen LogP) is 1.61. The molecular weight excluding hydrogens is 280 g/mol. The summed E-state index contributed by atoms with van der Waals surface area (Å²) in [6.07, 6.45) is 0. The molecule has 3 N–H and O–H groups in total. The molecule has 0 saturated carbocycles. The third-order valence-corrected chi connectivity index (χ3v) is 4.04. The van der Waals surface area contributed by atoms with Gasteiger partial charge in [0.05, 0.1) is 4.99 Å². The van der Waals surface area contributed by atoms with Gasteiger partial charge in [0, 0.05) is 11.1 Å². The Hall–Kier alpha value is -0.690. The second kappa shape index (κ2) is 5.77. The van der Waals surface area contributed by atoms with E-state index in [1.54, 1.807) is 31.2 Å². The number of sulfonamides is 1. The van der Waals surface area contributed by atoms with Crippen LogP contribution in [0.25, 0.3) is 0 Å². The van der Waals surface area contributed by atoms with Crippen molar-refractivity contribution >= 4 is 38.8 Å². The summed E-state index contributed by atoms with van der Waals surface area (Å²) in [4.78, 5) is -0.0548. The minimum Gasteiger partial charge on any atom is -0.392 e. The van der Waals surface area contributed by atoms with Crippen LogP contribution in [0, 0.1) is 0 Å². The van der Waals surface area contributed by atoms with Crippen molar-refractivity contribution in [2.24, 2.45) is 5.73 Å². The molecule has 0 aliphatic heterocycles. The highest BCUT2D eigenvalue weighted by atomic mass is 35.5. The van der Waals surface area contributed by atoms with E-state index in [4.69, 9.17) is 17.3 Å². The van der Waals surface area contributed by atoms with E-state index in [1.165, 1.54) is 0 Å². The number of nitrogens with two attached hydrogens (primary N) is 1. The van der Waals surface area contributed by atoms with Gasteiger partial charge < -0.3 is 5.73 Å². The average Bonchev–Trinajstić information content (AvgIpc) is 2.15. The van der Waals surface area contributed by atoms with Gasteiger partial charge in [-0.3, -0.25) is 0 Å². The molecular formula is C10H13ClN2O2S2. The fourth-order valence-electron chi connectivity index (χ4n) is 1.32. The highest BCUT2D eigenvalue weighted by molar-refractivity contribution is 7.92. The highest BCUT2D eigenvalue weighted by Crippen LogP contribution is 2.16. The summed E-state index contributed by atoms with van der Waals surface area (Å²) in [6, 6.07) is 6.57. The van der Waals surface area contributed by atoms with Crippen molar-refractivity contribution in [3.63, 3.8) is 0 Å². The normalized spacial score (nSPS) is 13.3. The Kier molecular flexibility index (Phi) is 4.88. The molecule has 1 rings (SSSR count). The number of hydrogen-bond donors (Lipinski definition) is 2. The van der Waals surface area contributed by atoms with Crippen LogP contribution in [0.4, 0.5) is 0 Å². The van der Waals surface area contributed by atoms with Gasteiger partial charge in [0.2, 0.25) is 10.0 Å². The van der Waals surface area contributed by atoms with Crippen molar-refractivity contribution in [1.29, 1.82) is 0 Å². The summed E-state index contributed by atoms with van der Waals surface area (Å²) in [6.45, 7) is 1.74. The molecule has 1 aromatic rings. The Bertz CT molecular complexity index is 500. The van der Waals surface area contributed by atoms with Crippen LogP contribution in [0.1, 0.15) is 18.5 Å². The molecule has 7 heteroatoms. The average molecular weight is 293 g/mol. The first kappa shape index (κ1) is 14.4. The zero-order valence-electron chi connectivity index (χ0n) is 9.18. The first-order valence-electron chi connectivity index (χ1n) is 4.84. The van der Waals surface area contributed by atoms with Gasteiger partial charge in [-0.2, -0.15) is 0 Å². The van der Waals surface area contributed by atoms with Crippen LogP contribution in [0.3, 0.4) is 0 Å². The van der Waals surface area contributed by atoms with Crippen LogP contribution in [-0.4, -0.2) is 19.2 Å². The lowest BCUT2D eigenvalue weighted by Gasteiger charge is -2.14. The lowest BCUT2D eigenvalue weighted by atomic mass is 10.1. The van der Waals surface area contributed by atoms with Gasteiger partial charge in [0.15, 0.2) is 0 Å². The van der Waals surface area contributed by atoms with Gasteiger partial charge >= 0.3 is 0 Å². The molecule has 0 aliphatic rings. The predicted molar refractivity (Wildman–Crippen MR) is 73.6 cm³/mol. The van der Waals surface area contributed by atoms with Gasteiger partial charge in [-0.05, 0) is 24.6 Å². The fourth-order valence-corrected chi connectivity index (χ4v) is 3.04. The van der Waals surface area contributed by atoms with E-state index in [9.17, 15) is 8.42 Å². The SMILES string of the molecule is CC(NS(=O)(=O)CC(N)=S)c1ccc(Cl)cc1. The molecule has 0 fully saturated rings. The molecule has 0 bridgehead atoms. The Morgan fingerprint density at radius 3 is 2.47 bits per heavy atom. The molecule has 1 atom stereocenters. The minimum absolute atomic E-state index is 0.0548. The van der Waals surface area contributed by atoms with Crippen molar-refractivity contribution in [3.05, 3.63) is 34.9 Å². The fraction of sp³-hybridized carbons (Fsp3) is 0.300. The van der Waals surface area contributed by atoms with Crippen LogP contribution < -0.4 is 10.5 Å². The van der Waals surface area contributed by atoms with E-state index in [0.29, 0.717) is 5.02 Å². The van der Waals surface area contributed by atoms with Crippen LogP contribution in [0.5, 0.6) is 0 Å². The molecule has 0 radical (unpaired) electrons. The molecule has 0 aromatic heterocycles. The molecule has 1 unspecified atom stereocenters. The van der Waals surface area contributed by atoms with Gasteiger partial charge in [0.25, 0.3) is 0 Å². The number of hydrogen-bond acceptors (Lipinski definition) is 3. The van der Waals surface area contributed by atoms with Crippen molar-refractivity contribution in [1.82, 2.24) is 4.72 Å². The van der Waals surface area contributed by atoms with Gasteiger partial charge in [0.1, 0.15) is 5.75 Å². The van der Waals surface area contributed by atoms with Crippen molar-refractivity contribution in [3.8, 4) is 0 Å². The van der Waals surface area contributed by atoms with Crippen molar-refractivity contribution in [2.45, 2.75) is 13.0 Å². The zero-order chi connectivity index (χ0) is 13.1. The first-order valence-corrected chi connectivity index (χ1v) is 7.28. The monoisotopic (exact) mass is 292 g/mol. The molecule has 0 amide bonds. The Labute approximate surface area is 111 Å². The molecule has 0 spiro atoms. The van der Waals surface area contributed by atoms with Crippen molar-refractivity contribution in [2.75, 3.05) is 5.75 Å². The van der Waals surface area contributed by atoms with Crippen molar-refractivity contribution < 1.29 is 8.42 Å². The van der Waals surface area contributed by atoms with E-state index >= 15 is 0 Å². The third-order valence-electron chi connectivity index (χ3n) is 2.06. The third kappa shape index (κ3) is 4.99. The second-order valence-corrected chi connectivity index (χ2v) is 6.33. The summed E-state index contributed by atoms with van der Waals surface area (Å²) in [5.74, 6) is -0.347. The minimum atomic E-state index is -3.49. The van der Waals surface area contributed by atoms with E-state index < -0.39 is 10.0 Å². The maximum absolute atomic E-state index is 11.6. The Morgan fingerprint density at radius 2 is 2.00 bits per heavy atom.